The van der Waals surface area contributed by atoms with Crippen LogP contribution in [0.4, 0.5) is 5.69 Å². The molecule has 0 aliphatic heterocycles. The van der Waals surface area contributed by atoms with Gasteiger partial charge in [0.15, 0.2) is 4.80 Å². The number of nitro groups is 1. The standard InChI is InChI=1S/C22H26N4O5S2/c1-4-13-24(14-5-2)33(30,31)18-10-7-16(8-11-18)21(27)23-22-25(6-3)19-12-9-17(26(28)29)15-20(19)32-22/h7-12,15H,4-6,13-14H2,1-3H3. The lowest BCUT2D eigenvalue weighted by Crippen LogP contribution is -2.32. The highest BCUT2D eigenvalue weighted by atomic mass is 32.2. The second-order valence-electron chi connectivity index (χ2n) is 7.38. The van der Waals surface area contributed by atoms with Gasteiger partial charge >= 0.3 is 0 Å². The average Bonchev–Trinajstić information content (AvgIpc) is 3.14. The molecule has 0 unspecified atom stereocenters. The first-order valence-electron chi connectivity index (χ1n) is 10.7. The van der Waals surface area contributed by atoms with Crippen LogP contribution in [-0.2, 0) is 16.6 Å². The summed E-state index contributed by atoms with van der Waals surface area (Å²) < 4.78 is 29.7. The lowest BCUT2D eigenvalue weighted by molar-refractivity contribution is -0.384. The third-order valence-electron chi connectivity index (χ3n) is 5.08. The number of nitrogens with zero attached hydrogens (tertiary/aromatic N) is 4. The number of fused-ring (bicyclic) bond motifs is 1. The minimum atomic E-state index is -3.63. The molecule has 176 valence electrons. The van der Waals surface area contributed by atoms with Gasteiger partial charge in [0.25, 0.3) is 11.6 Å². The van der Waals surface area contributed by atoms with Crippen molar-refractivity contribution in [3.8, 4) is 0 Å². The number of sulfonamides is 1. The predicted octanol–water partition coefficient (Wildman–Crippen LogP) is 4.18. The fourth-order valence-electron chi connectivity index (χ4n) is 3.49. The Morgan fingerprint density at radius 1 is 1.09 bits per heavy atom. The third-order valence-corrected chi connectivity index (χ3v) is 8.03. The first kappa shape index (κ1) is 24.7. The van der Waals surface area contributed by atoms with Gasteiger partial charge in [-0.15, -0.1) is 0 Å². The molecule has 0 radical (unpaired) electrons. The number of amides is 1. The monoisotopic (exact) mass is 490 g/mol. The third kappa shape index (κ3) is 5.21. The summed E-state index contributed by atoms with van der Waals surface area (Å²) in [5, 5.41) is 11.1. The van der Waals surface area contributed by atoms with Crippen LogP contribution >= 0.6 is 11.3 Å². The topological polar surface area (TPSA) is 115 Å². The zero-order chi connectivity index (χ0) is 24.2. The molecular weight excluding hydrogens is 464 g/mol. The van der Waals surface area contributed by atoms with Crippen LogP contribution in [-0.4, -0.2) is 41.2 Å². The van der Waals surface area contributed by atoms with E-state index in [4.69, 9.17) is 0 Å². The van der Waals surface area contributed by atoms with Crippen LogP contribution in [0.5, 0.6) is 0 Å². The number of rotatable bonds is 9. The van der Waals surface area contributed by atoms with Gasteiger partial charge in [-0.3, -0.25) is 14.9 Å². The van der Waals surface area contributed by atoms with E-state index in [1.807, 2.05) is 25.3 Å². The van der Waals surface area contributed by atoms with E-state index in [-0.39, 0.29) is 16.1 Å². The van der Waals surface area contributed by atoms with Gasteiger partial charge in [0, 0.05) is 37.3 Å². The summed E-state index contributed by atoms with van der Waals surface area (Å²) in [4.78, 5) is 28.2. The van der Waals surface area contributed by atoms with E-state index in [0.717, 1.165) is 5.52 Å². The van der Waals surface area contributed by atoms with Crippen molar-refractivity contribution in [2.75, 3.05) is 13.1 Å². The lowest BCUT2D eigenvalue weighted by Gasteiger charge is -2.21. The van der Waals surface area contributed by atoms with Crippen LogP contribution in [0.2, 0.25) is 0 Å². The molecule has 0 saturated heterocycles. The largest absolute Gasteiger partial charge is 0.317 e. The van der Waals surface area contributed by atoms with Crippen LogP contribution in [0.3, 0.4) is 0 Å². The number of hydrogen-bond acceptors (Lipinski definition) is 6. The van der Waals surface area contributed by atoms with Gasteiger partial charge in [-0.25, -0.2) is 8.42 Å². The van der Waals surface area contributed by atoms with Crippen molar-refractivity contribution in [2.24, 2.45) is 4.99 Å². The van der Waals surface area contributed by atoms with Crippen LogP contribution in [0.1, 0.15) is 44.0 Å². The molecular formula is C22H26N4O5S2. The Labute approximate surface area is 196 Å². The van der Waals surface area contributed by atoms with E-state index >= 15 is 0 Å². The fraction of sp³-hybridized carbons (Fsp3) is 0.364. The number of carbonyl (C=O) groups is 1. The molecule has 1 amide bonds. The van der Waals surface area contributed by atoms with E-state index in [9.17, 15) is 23.3 Å². The molecule has 0 atom stereocenters. The average molecular weight is 491 g/mol. The number of non-ortho nitro benzene ring substituents is 1. The molecule has 11 heteroatoms. The highest BCUT2D eigenvalue weighted by molar-refractivity contribution is 7.89. The summed E-state index contributed by atoms with van der Waals surface area (Å²) in [6.45, 7) is 7.16. The Morgan fingerprint density at radius 3 is 2.27 bits per heavy atom. The number of carbonyl (C=O) groups excluding carboxylic acids is 1. The molecule has 2 aromatic carbocycles. The van der Waals surface area contributed by atoms with Crippen LogP contribution in [0, 0.1) is 10.1 Å². The summed E-state index contributed by atoms with van der Waals surface area (Å²) >= 11 is 1.19. The molecule has 9 nitrogen and oxygen atoms in total. The lowest BCUT2D eigenvalue weighted by atomic mass is 10.2. The number of hydrogen-bond donors (Lipinski definition) is 0. The Hall–Kier alpha value is -2.89. The van der Waals surface area contributed by atoms with Gasteiger partial charge in [0.2, 0.25) is 10.0 Å². The second kappa shape index (κ2) is 10.4. The van der Waals surface area contributed by atoms with Crippen molar-refractivity contribution >= 4 is 43.2 Å². The van der Waals surface area contributed by atoms with Crippen molar-refractivity contribution in [1.29, 1.82) is 0 Å². The molecule has 0 N–H and O–H groups in total. The van der Waals surface area contributed by atoms with Crippen molar-refractivity contribution in [3.63, 3.8) is 0 Å². The molecule has 0 saturated carbocycles. The van der Waals surface area contributed by atoms with Crippen LogP contribution in [0.25, 0.3) is 10.2 Å². The molecule has 3 rings (SSSR count). The van der Waals surface area contributed by atoms with Crippen LogP contribution in [0.15, 0.2) is 52.4 Å². The van der Waals surface area contributed by atoms with E-state index in [2.05, 4.69) is 4.99 Å². The Kier molecular flexibility index (Phi) is 7.77. The van der Waals surface area contributed by atoms with Crippen LogP contribution < -0.4 is 4.80 Å². The molecule has 3 aromatic rings. The number of benzene rings is 2. The van der Waals surface area contributed by atoms with Gasteiger partial charge in [0.1, 0.15) is 0 Å². The summed E-state index contributed by atoms with van der Waals surface area (Å²) in [6.07, 6.45) is 1.43. The molecule has 1 heterocycles. The maximum atomic E-state index is 12.9. The number of nitro benzene ring substituents is 1. The van der Waals surface area contributed by atoms with Gasteiger partial charge in [-0.1, -0.05) is 25.2 Å². The number of aromatic nitrogens is 1. The molecule has 0 fully saturated rings. The van der Waals surface area contributed by atoms with Crippen molar-refractivity contribution in [3.05, 3.63) is 62.9 Å². The Balaban J connectivity index is 1.95. The minimum Gasteiger partial charge on any atom is -0.317 e. The first-order valence-corrected chi connectivity index (χ1v) is 13.0. The SMILES string of the molecule is CCCN(CCC)S(=O)(=O)c1ccc(C(=O)N=c2sc3cc([N+](=O)[O-])ccc3n2CC)cc1. The van der Waals surface area contributed by atoms with E-state index in [1.165, 1.54) is 52.0 Å². The Bertz CT molecular complexity index is 1340. The first-order chi connectivity index (χ1) is 15.7. The summed E-state index contributed by atoms with van der Waals surface area (Å²) in [5.41, 5.74) is 0.993. The van der Waals surface area contributed by atoms with Gasteiger partial charge in [0.05, 0.1) is 20.0 Å². The Morgan fingerprint density at radius 2 is 1.73 bits per heavy atom. The van der Waals surface area contributed by atoms with Gasteiger partial charge < -0.3 is 4.57 Å². The minimum absolute atomic E-state index is 0.0260. The highest BCUT2D eigenvalue weighted by Crippen LogP contribution is 2.23. The second-order valence-corrected chi connectivity index (χ2v) is 10.3. The number of thiazole rings is 1. The van der Waals surface area contributed by atoms with Crippen molar-refractivity contribution in [1.82, 2.24) is 8.87 Å². The van der Waals surface area contributed by atoms with Gasteiger partial charge in [-0.2, -0.15) is 9.30 Å². The molecule has 0 aliphatic rings. The van der Waals surface area contributed by atoms with E-state index < -0.39 is 20.9 Å². The predicted molar refractivity (Wildman–Crippen MR) is 128 cm³/mol. The van der Waals surface area contributed by atoms with E-state index in [1.54, 1.807) is 6.07 Å². The highest BCUT2D eigenvalue weighted by Gasteiger charge is 2.23. The molecule has 0 spiro atoms. The van der Waals surface area contributed by atoms with Crippen molar-refractivity contribution < 1.29 is 18.1 Å². The summed E-state index contributed by atoms with van der Waals surface area (Å²) in [5.74, 6) is -0.513. The fourth-order valence-corrected chi connectivity index (χ4v) is 6.24. The smallest absolute Gasteiger partial charge is 0.279 e. The van der Waals surface area contributed by atoms with Gasteiger partial charge in [-0.05, 0) is 50.1 Å². The number of aryl methyl sites for hydroxylation is 1. The molecule has 33 heavy (non-hydrogen) atoms. The summed E-state index contributed by atoms with van der Waals surface area (Å²) in [7, 11) is -3.63. The van der Waals surface area contributed by atoms with Crippen molar-refractivity contribution in [2.45, 2.75) is 45.1 Å². The van der Waals surface area contributed by atoms with E-state index in [0.29, 0.717) is 42.0 Å². The quantitative estimate of drug-likeness (QED) is 0.330. The molecule has 0 bridgehead atoms. The summed E-state index contributed by atoms with van der Waals surface area (Å²) in [6, 6.07) is 10.3. The molecule has 1 aromatic heterocycles. The normalized spacial score (nSPS) is 12.5. The molecule has 0 aliphatic carbocycles. The maximum Gasteiger partial charge on any atom is 0.279 e. The maximum absolute atomic E-state index is 12.9. The zero-order valence-corrected chi connectivity index (χ0v) is 20.4. The zero-order valence-electron chi connectivity index (χ0n) is 18.7.